The van der Waals surface area contributed by atoms with Gasteiger partial charge in [0.1, 0.15) is 20.4 Å². The molecule has 1 saturated heterocycles. The fourth-order valence-corrected chi connectivity index (χ4v) is 3.13. The molecule has 8 heteroatoms. The van der Waals surface area contributed by atoms with Gasteiger partial charge in [-0.3, -0.25) is 4.90 Å². The third-order valence-electron chi connectivity index (χ3n) is 5.00. The van der Waals surface area contributed by atoms with Gasteiger partial charge in [0.05, 0.1) is 24.1 Å². The van der Waals surface area contributed by atoms with Crippen LogP contribution in [0.4, 0.5) is 11.5 Å². The number of benzene rings is 1. The zero-order chi connectivity index (χ0) is 38.7. The van der Waals surface area contributed by atoms with Gasteiger partial charge in [0.2, 0.25) is 0 Å². The SMILES string of the molecule is [2H]c1nc(N(C)c2cc(OC([2H])([2H])[2H])c([2H])c([2H])c2C)c2c(C([2H])([2H])N3C([2H])([2H])C([2H])([2H])[C@@](C)(N([2H])C)[C@]([2H])(OC)C3([2H])[2H])c([2H])c([2H])n2n1. The molecule has 3 heterocycles. The van der Waals surface area contributed by atoms with Crippen LogP contribution < -0.4 is 14.9 Å². The summed E-state index contributed by atoms with van der Waals surface area (Å²) >= 11 is 0. The molecule has 0 bridgehead atoms. The van der Waals surface area contributed by atoms with Crippen LogP contribution in [-0.4, -0.2) is 72.4 Å². The van der Waals surface area contributed by atoms with Crippen LogP contribution in [0.15, 0.2) is 36.7 Å². The van der Waals surface area contributed by atoms with Crippen molar-refractivity contribution in [3.05, 3.63) is 47.8 Å². The Labute approximate surface area is 215 Å². The largest absolute Gasteiger partial charge is 0.497 e. The predicted octanol–water partition coefficient (Wildman–Crippen LogP) is 3.01. The molecule has 0 amide bonds. The van der Waals surface area contributed by atoms with Crippen LogP contribution in [-0.2, 0) is 11.2 Å². The molecule has 3 aromatic rings. The number of methoxy groups -OCH3 is 2. The van der Waals surface area contributed by atoms with Crippen LogP contribution in [0, 0.1) is 6.92 Å². The number of hydrogen-bond donors (Lipinski definition) is 1. The Balaban J connectivity index is 2.12. The van der Waals surface area contributed by atoms with Crippen molar-refractivity contribution in [1.29, 1.82) is 0 Å². The van der Waals surface area contributed by atoms with Crippen LogP contribution in [0.3, 0.4) is 0 Å². The summed E-state index contributed by atoms with van der Waals surface area (Å²) in [6, 6.07) is -1.02. The van der Waals surface area contributed by atoms with Gasteiger partial charge in [-0.2, -0.15) is 5.10 Å². The molecule has 1 aliphatic heterocycles. The molecular weight excluding hydrogens is 404 g/mol. The standard InChI is InChI=1S/C24H34N6O2/c1-17-7-8-19(31-5)13-20(17)28(4)23-22-18(9-11-30(22)27-16-26-23)14-29-12-10-24(2,25-3)21(15-29)32-6/h7-9,11,13,16,21,25H,10,12,14-15H2,1-6H3/t21-,24-/m1/s1/i5D3,7D,8D,9D,10D2,11D,12D2,14D2,15D2,16D,21D/hD. The van der Waals surface area contributed by atoms with E-state index < -0.39 is 97.8 Å². The Morgan fingerprint density at radius 3 is 3.12 bits per heavy atom. The van der Waals surface area contributed by atoms with Crippen molar-refractivity contribution in [1.82, 2.24) is 24.8 Å². The van der Waals surface area contributed by atoms with E-state index in [0.29, 0.717) is 9.83 Å². The van der Waals surface area contributed by atoms with Crippen LogP contribution in [0.2, 0.25) is 1.41 Å². The number of hydrogen-bond acceptors (Lipinski definition) is 7. The van der Waals surface area contributed by atoms with E-state index in [2.05, 4.69) is 10.1 Å². The third-order valence-corrected chi connectivity index (χ3v) is 5.00. The molecule has 1 aliphatic rings. The number of likely N-dealkylation sites (N-methyl/N-ethyl adjacent to an activating group) is 1. The highest BCUT2D eigenvalue weighted by atomic mass is 16.5. The van der Waals surface area contributed by atoms with Crippen molar-refractivity contribution < 1.29 is 34.2 Å². The Morgan fingerprint density at radius 2 is 2.38 bits per heavy atom. The fourth-order valence-electron chi connectivity index (χ4n) is 3.13. The summed E-state index contributed by atoms with van der Waals surface area (Å²) in [5, 5.41) is 4.12. The highest BCUT2D eigenvalue weighted by molar-refractivity contribution is 5.79. The van der Waals surface area contributed by atoms with E-state index in [9.17, 15) is 2.74 Å². The van der Waals surface area contributed by atoms with E-state index in [1.165, 1.54) is 14.0 Å². The minimum Gasteiger partial charge on any atom is -0.497 e. The Bertz CT molecular complexity index is 1850. The number of likely N-dealkylation sites (tertiary alicyclic amines) is 1. The van der Waals surface area contributed by atoms with E-state index in [4.69, 9.17) is 31.4 Å². The van der Waals surface area contributed by atoms with Crippen molar-refractivity contribution in [3.8, 4) is 5.75 Å². The second-order valence-corrected chi connectivity index (χ2v) is 6.96. The Hall–Kier alpha value is -2.68. The minimum absolute atomic E-state index is 0.0433. The average molecular weight is 457 g/mol. The highest BCUT2D eigenvalue weighted by Gasteiger charge is 2.38. The van der Waals surface area contributed by atoms with E-state index >= 15 is 0 Å². The number of piperidine rings is 1. The summed E-state index contributed by atoms with van der Waals surface area (Å²) in [5.74, 6) is -1.05. The number of anilines is 2. The Morgan fingerprint density at radius 1 is 1.53 bits per heavy atom. The lowest BCUT2D eigenvalue weighted by Gasteiger charge is -2.45. The maximum absolute atomic E-state index is 9.28. The fraction of sp³-hybridized carbons (Fsp3) is 0.500. The van der Waals surface area contributed by atoms with Crippen molar-refractivity contribution in [3.63, 3.8) is 0 Å². The molecule has 1 N–H and O–H groups in total. The molecule has 0 spiro atoms. The lowest BCUT2D eigenvalue weighted by Crippen LogP contribution is -2.60. The zero-order valence-electron chi connectivity index (χ0n) is 36.1. The molecule has 172 valence electrons. The average Bonchev–Trinajstić information content (AvgIpc) is 3.23. The molecule has 0 unspecified atom stereocenters. The molecule has 1 aromatic carbocycles. The van der Waals surface area contributed by atoms with Crippen LogP contribution in [0.5, 0.6) is 5.75 Å². The lowest BCUT2D eigenvalue weighted by atomic mass is 9.86. The van der Waals surface area contributed by atoms with Crippen molar-refractivity contribution in [2.75, 3.05) is 46.1 Å². The number of rotatable bonds is 7. The number of aromatic nitrogens is 3. The summed E-state index contributed by atoms with van der Waals surface area (Å²) < 4.78 is 165. The Kier molecular flexibility index (Phi) is 2.63. The smallest absolute Gasteiger partial charge is 0.161 e. The van der Waals surface area contributed by atoms with Gasteiger partial charge in [-0.15, -0.1) is 0 Å². The first-order valence-electron chi connectivity index (χ1n) is 18.3. The summed E-state index contributed by atoms with van der Waals surface area (Å²) in [4.78, 5) is 4.86. The first-order chi connectivity index (χ1) is 22.4. The van der Waals surface area contributed by atoms with E-state index in [-0.39, 0.29) is 16.2 Å². The van der Waals surface area contributed by atoms with Crippen molar-refractivity contribution >= 4 is 17.0 Å². The number of nitrogens with one attached hydrogen (secondary N) is 1. The molecular formula is C24H34N6O2. The molecule has 8 nitrogen and oxygen atoms in total. The molecule has 2 atom stereocenters. The van der Waals surface area contributed by atoms with Gasteiger partial charge in [-0.25, -0.2) is 9.50 Å². The first kappa shape index (κ1) is 9.29. The van der Waals surface area contributed by atoms with Gasteiger partial charge >= 0.3 is 0 Å². The molecule has 1 fully saturated rings. The topological polar surface area (TPSA) is 67.2 Å². The van der Waals surface area contributed by atoms with E-state index in [1.54, 1.807) is 0 Å². The molecule has 0 aliphatic carbocycles. The zero-order valence-corrected chi connectivity index (χ0v) is 18.1. The van der Waals surface area contributed by atoms with Crippen LogP contribution in [0.25, 0.3) is 5.52 Å². The predicted molar refractivity (Wildman–Crippen MR) is 127 cm³/mol. The van der Waals surface area contributed by atoms with E-state index in [1.807, 2.05) is 0 Å². The maximum atomic E-state index is 9.28. The molecule has 0 saturated carbocycles. The molecule has 32 heavy (non-hydrogen) atoms. The van der Waals surface area contributed by atoms with Gasteiger partial charge in [-0.1, -0.05) is 6.04 Å². The quantitative estimate of drug-likeness (QED) is 0.586. The minimum atomic E-state index is -3.74. The summed E-state index contributed by atoms with van der Waals surface area (Å²) in [5.41, 5.74) is -4.39. The third kappa shape index (κ3) is 4.05. The molecule has 2 aromatic heterocycles. The lowest BCUT2D eigenvalue weighted by molar-refractivity contribution is -0.0341. The van der Waals surface area contributed by atoms with Gasteiger partial charge < -0.3 is 19.7 Å². The van der Waals surface area contributed by atoms with Gasteiger partial charge in [0.15, 0.2) is 5.82 Å². The summed E-state index contributed by atoms with van der Waals surface area (Å²) in [6.45, 7) is -8.80. The summed E-state index contributed by atoms with van der Waals surface area (Å²) in [7, 11) is -0.00340. The second kappa shape index (κ2) is 9.05. The first-order valence-corrected chi connectivity index (χ1v) is 9.40. The molecule has 4 rings (SSSR count). The monoisotopic (exact) mass is 456 g/mol. The number of ether oxygens (including phenoxy) is 2. The maximum Gasteiger partial charge on any atom is 0.161 e. The second-order valence-electron chi connectivity index (χ2n) is 6.96. The van der Waals surface area contributed by atoms with Crippen LogP contribution >= 0.6 is 0 Å². The van der Waals surface area contributed by atoms with Crippen molar-refractivity contribution in [2.45, 2.75) is 38.3 Å². The normalized spacial score (nSPS) is 37.9. The number of nitrogens with zero attached hydrogens (tertiary/aromatic N) is 5. The van der Waals surface area contributed by atoms with Crippen molar-refractivity contribution in [2.24, 2.45) is 0 Å². The molecule has 0 radical (unpaired) electrons. The highest BCUT2D eigenvalue weighted by Crippen LogP contribution is 2.33. The summed E-state index contributed by atoms with van der Waals surface area (Å²) in [6.07, 6.45) is -8.38. The van der Waals surface area contributed by atoms with Gasteiger partial charge in [0, 0.05) is 68.1 Å². The van der Waals surface area contributed by atoms with Gasteiger partial charge in [-0.05, 0) is 50.5 Å². The van der Waals surface area contributed by atoms with Crippen LogP contribution in [0.1, 0.15) is 47.7 Å². The number of fused-ring (bicyclic) bond motifs is 1. The van der Waals surface area contributed by atoms with Gasteiger partial charge in [0.25, 0.3) is 0 Å². The van der Waals surface area contributed by atoms with E-state index in [0.717, 1.165) is 32.0 Å².